The Morgan fingerprint density at radius 3 is 2.45 bits per heavy atom. The predicted molar refractivity (Wildman–Crippen MR) is 83.0 cm³/mol. The van der Waals surface area contributed by atoms with E-state index in [1.807, 2.05) is 0 Å². The average Bonchev–Trinajstić information content (AvgIpc) is 2.92. The zero-order chi connectivity index (χ0) is 13.8. The molecule has 2 aliphatic rings. The van der Waals surface area contributed by atoms with E-state index in [2.05, 4.69) is 42.6 Å². The summed E-state index contributed by atoms with van der Waals surface area (Å²) in [5.74, 6) is 1.52. The summed E-state index contributed by atoms with van der Waals surface area (Å²) in [6, 6.07) is 11.6. The molecule has 2 fully saturated rings. The summed E-state index contributed by atoms with van der Waals surface area (Å²) in [6.07, 6.45) is 6.80. The highest BCUT2D eigenvalue weighted by Crippen LogP contribution is 2.34. The van der Waals surface area contributed by atoms with E-state index >= 15 is 0 Å². The standard InChI is InChI=1S/C18H27NO/c1-14-11-12-19-18(14)13-20-17-9-7-16(8-10-17)15-5-3-2-4-6-15/h2-6,14,16-19H,7-13H2,1H3/t14-,16?,17?,18-/m0/s1. The third-order valence-corrected chi connectivity index (χ3v) is 5.15. The van der Waals surface area contributed by atoms with Crippen LogP contribution in [0.5, 0.6) is 0 Å². The van der Waals surface area contributed by atoms with Gasteiger partial charge in [-0.3, -0.25) is 0 Å². The first kappa shape index (κ1) is 14.1. The van der Waals surface area contributed by atoms with Crippen LogP contribution in [0.3, 0.4) is 0 Å². The van der Waals surface area contributed by atoms with E-state index in [1.165, 1.54) is 37.7 Å². The van der Waals surface area contributed by atoms with Crippen LogP contribution in [0.4, 0.5) is 0 Å². The van der Waals surface area contributed by atoms with E-state index in [4.69, 9.17) is 4.74 Å². The van der Waals surface area contributed by atoms with Gasteiger partial charge in [0.15, 0.2) is 0 Å². The van der Waals surface area contributed by atoms with E-state index in [0.29, 0.717) is 12.1 Å². The quantitative estimate of drug-likeness (QED) is 0.902. The van der Waals surface area contributed by atoms with Crippen molar-refractivity contribution in [1.29, 1.82) is 0 Å². The lowest BCUT2D eigenvalue weighted by molar-refractivity contribution is 0.0102. The van der Waals surface area contributed by atoms with Crippen LogP contribution in [0.1, 0.15) is 50.5 Å². The minimum atomic E-state index is 0.490. The molecule has 0 amide bonds. The molecule has 2 atom stereocenters. The van der Waals surface area contributed by atoms with Crippen LogP contribution >= 0.6 is 0 Å². The first-order valence-electron chi connectivity index (χ1n) is 8.23. The van der Waals surface area contributed by atoms with Gasteiger partial charge in [-0.2, -0.15) is 0 Å². The molecule has 0 spiro atoms. The third kappa shape index (κ3) is 3.42. The highest BCUT2D eigenvalue weighted by Gasteiger charge is 2.26. The number of nitrogens with one attached hydrogen (secondary N) is 1. The monoisotopic (exact) mass is 273 g/mol. The fourth-order valence-electron chi connectivity index (χ4n) is 3.65. The van der Waals surface area contributed by atoms with E-state index in [0.717, 1.165) is 25.0 Å². The highest BCUT2D eigenvalue weighted by atomic mass is 16.5. The van der Waals surface area contributed by atoms with Crippen molar-refractivity contribution in [2.24, 2.45) is 5.92 Å². The van der Waals surface area contributed by atoms with E-state index in [1.54, 1.807) is 0 Å². The maximum Gasteiger partial charge on any atom is 0.0625 e. The number of ether oxygens (including phenoxy) is 1. The SMILES string of the molecule is C[C@H]1CCN[C@H]1COC1CCC(c2ccccc2)CC1. The smallest absolute Gasteiger partial charge is 0.0625 e. The topological polar surface area (TPSA) is 21.3 Å². The Kier molecular flexibility index (Phi) is 4.74. The van der Waals surface area contributed by atoms with Crippen LogP contribution in [0, 0.1) is 5.92 Å². The normalized spacial score (nSPS) is 34.2. The average molecular weight is 273 g/mol. The molecule has 1 aliphatic carbocycles. The van der Waals surface area contributed by atoms with Crippen molar-refractivity contribution in [3.8, 4) is 0 Å². The first-order valence-corrected chi connectivity index (χ1v) is 8.23. The van der Waals surface area contributed by atoms with Gasteiger partial charge in [0.2, 0.25) is 0 Å². The van der Waals surface area contributed by atoms with Crippen molar-refractivity contribution in [1.82, 2.24) is 5.32 Å². The molecule has 0 bridgehead atoms. The molecule has 2 heteroatoms. The fraction of sp³-hybridized carbons (Fsp3) is 0.667. The van der Waals surface area contributed by atoms with Crippen LogP contribution in [0.15, 0.2) is 30.3 Å². The molecule has 0 aromatic heterocycles. The van der Waals surface area contributed by atoms with Crippen LogP contribution in [0.2, 0.25) is 0 Å². The van der Waals surface area contributed by atoms with Gasteiger partial charge in [-0.05, 0) is 56.0 Å². The van der Waals surface area contributed by atoms with Crippen molar-refractivity contribution in [3.63, 3.8) is 0 Å². The van der Waals surface area contributed by atoms with Crippen LogP contribution in [-0.2, 0) is 4.74 Å². The molecule has 1 aromatic rings. The number of rotatable bonds is 4. The fourth-order valence-corrected chi connectivity index (χ4v) is 3.65. The molecule has 110 valence electrons. The van der Waals surface area contributed by atoms with Gasteiger partial charge >= 0.3 is 0 Å². The molecule has 20 heavy (non-hydrogen) atoms. The van der Waals surface area contributed by atoms with E-state index in [-0.39, 0.29) is 0 Å². The first-order chi connectivity index (χ1) is 9.83. The molecule has 1 heterocycles. The lowest BCUT2D eigenvalue weighted by Crippen LogP contribution is -2.34. The van der Waals surface area contributed by atoms with E-state index < -0.39 is 0 Å². The van der Waals surface area contributed by atoms with Gasteiger partial charge in [-0.25, -0.2) is 0 Å². The number of hydrogen-bond acceptors (Lipinski definition) is 2. The summed E-state index contributed by atoms with van der Waals surface area (Å²) in [7, 11) is 0. The maximum atomic E-state index is 6.16. The predicted octanol–water partition coefficient (Wildman–Crippen LogP) is 3.73. The lowest BCUT2D eigenvalue weighted by atomic mass is 9.83. The Labute approximate surface area is 122 Å². The molecule has 2 nitrogen and oxygen atoms in total. The van der Waals surface area contributed by atoms with Gasteiger partial charge < -0.3 is 10.1 Å². The molecule has 1 aromatic carbocycles. The summed E-state index contributed by atoms with van der Waals surface area (Å²) in [6.45, 7) is 4.40. The molecule has 0 radical (unpaired) electrons. The molecule has 1 saturated heterocycles. The summed E-state index contributed by atoms with van der Waals surface area (Å²) in [5, 5.41) is 3.56. The lowest BCUT2D eigenvalue weighted by Gasteiger charge is -2.30. The van der Waals surface area contributed by atoms with Gasteiger partial charge in [-0.15, -0.1) is 0 Å². The Hall–Kier alpha value is -0.860. The zero-order valence-corrected chi connectivity index (χ0v) is 12.6. The van der Waals surface area contributed by atoms with Crippen molar-refractivity contribution < 1.29 is 4.74 Å². The summed E-state index contributed by atoms with van der Waals surface area (Å²) in [4.78, 5) is 0. The largest absolute Gasteiger partial charge is 0.377 e. The Morgan fingerprint density at radius 2 is 1.80 bits per heavy atom. The second-order valence-electron chi connectivity index (χ2n) is 6.54. The molecule has 1 N–H and O–H groups in total. The van der Waals surface area contributed by atoms with Crippen LogP contribution < -0.4 is 5.32 Å². The highest BCUT2D eigenvalue weighted by molar-refractivity contribution is 5.19. The number of benzene rings is 1. The Balaban J connectivity index is 1.42. The van der Waals surface area contributed by atoms with E-state index in [9.17, 15) is 0 Å². The minimum absolute atomic E-state index is 0.490. The molecule has 1 saturated carbocycles. The van der Waals surface area contributed by atoms with Gasteiger partial charge in [0.1, 0.15) is 0 Å². The number of hydrogen-bond donors (Lipinski definition) is 1. The van der Waals surface area contributed by atoms with Crippen molar-refractivity contribution >= 4 is 0 Å². The molecule has 3 rings (SSSR count). The van der Waals surface area contributed by atoms with Crippen molar-refractivity contribution in [2.45, 2.75) is 57.1 Å². The van der Waals surface area contributed by atoms with Gasteiger partial charge in [0, 0.05) is 6.04 Å². The van der Waals surface area contributed by atoms with Gasteiger partial charge in [-0.1, -0.05) is 37.3 Å². The second kappa shape index (κ2) is 6.73. The third-order valence-electron chi connectivity index (χ3n) is 5.15. The van der Waals surface area contributed by atoms with Crippen LogP contribution in [0.25, 0.3) is 0 Å². The van der Waals surface area contributed by atoms with Crippen molar-refractivity contribution in [3.05, 3.63) is 35.9 Å². The second-order valence-corrected chi connectivity index (χ2v) is 6.54. The Bertz CT molecular complexity index is 397. The van der Waals surface area contributed by atoms with Crippen molar-refractivity contribution in [2.75, 3.05) is 13.2 Å². The molecule has 1 aliphatic heterocycles. The Morgan fingerprint density at radius 1 is 1.05 bits per heavy atom. The minimum Gasteiger partial charge on any atom is -0.377 e. The van der Waals surface area contributed by atoms with Gasteiger partial charge in [0.25, 0.3) is 0 Å². The molecular weight excluding hydrogens is 246 g/mol. The summed E-state index contributed by atoms with van der Waals surface area (Å²) >= 11 is 0. The summed E-state index contributed by atoms with van der Waals surface area (Å²) < 4.78 is 6.16. The zero-order valence-electron chi connectivity index (χ0n) is 12.6. The van der Waals surface area contributed by atoms with Crippen LogP contribution in [-0.4, -0.2) is 25.3 Å². The maximum absolute atomic E-state index is 6.16. The summed E-state index contributed by atoms with van der Waals surface area (Å²) in [5.41, 5.74) is 1.51. The molecular formula is C18H27NO. The molecule has 0 unspecified atom stereocenters. The van der Waals surface area contributed by atoms with Gasteiger partial charge in [0.05, 0.1) is 12.7 Å².